The Morgan fingerprint density at radius 3 is 2.55 bits per heavy atom. The van der Waals surface area contributed by atoms with E-state index in [4.69, 9.17) is 12.2 Å². The molecule has 1 aromatic rings. The monoisotopic (exact) mass is 329 g/mol. The Balaban J connectivity index is 1.91. The molecule has 0 atom stereocenters. The Labute approximate surface area is 133 Å². The van der Waals surface area contributed by atoms with Crippen LogP contribution in [0.4, 0.5) is 18.9 Å². The number of hydrazone groups is 1. The molecule has 0 aliphatic heterocycles. The Hall–Kier alpha value is -1.63. The first-order chi connectivity index (χ1) is 10.5. The third kappa shape index (κ3) is 4.98. The molecular formula is C15H18F3N3S. The second-order valence-electron chi connectivity index (χ2n) is 5.29. The minimum absolute atomic E-state index is 0.0451. The van der Waals surface area contributed by atoms with E-state index in [2.05, 4.69) is 15.8 Å². The molecule has 0 amide bonds. The lowest BCUT2D eigenvalue weighted by atomic mass is 9.90. The summed E-state index contributed by atoms with van der Waals surface area (Å²) in [7, 11) is 0. The molecule has 2 rings (SSSR count). The molecule has 2 N–H and O–H groups in total. The summed E-state index contributed by atoms with van der Waals surface area (Å²) in [5, 5.41) is 6.61. The largest absolute Gasteiger partial charge is 0.418 e. The van der Waals surface area contributed by atoms with Gasteiger partial charge in [0.05, 0.1) is 11.3 Å². The van der Waals surface area contributed by atoms with Gasteiger partial charge in [0.15, 0.2) is 5.11 Å². The molecular weight excluding hydrogens is 311 g/mol. The fourth-order valence-corrected chi connectivity index (χ4v) is 2.64. The molecule has 120 valence electrons. The zero-order valence-corrected chi connectivity index (χ0v) is 12.8. The number of hydrogen-bond acceptors (Lipinski definition) is 2. The van der Waals surface area contributed by atoms with E-state index in [-0.39, 0.29) is 10.8 Å². The summed E-state index contributed by atoms with van der Waals surface area (Å²) >= 11 is 4.98. The molecule has 22 heavy (non-hydrogen) atoms. The molecule has 7 heteroatoms. The quantitative estimate of drug-likeness (QED) is 0.485. The lowest BCUT2D eigenvalue weighted by molar-refractivity contribution is -0.136. The number of benzene rings is 1. The Bertz CT molecular complexity index is 537. The first-order valence-electron chi connectivity index (χ1n) is 7.23. The van der Waals surface area contributed by atoms with Gasteiger partial charge in [-0.2, -0.15) is 18.3 Å². The summed E-state index contributed by atoms with van der Waals surface area (Å²) in [6.07, 6.45) is 3.21. The highest BCUT2D eigenvalue weighted by Gasteiger charge is 2.33. The SMILES string of the molecule is FC(F)(F)c1ccccc1NC(=S)N/N=C/C1CCCCC1. The van der Waals surface area contributed by atoms with Gasteiger partial charge >= 0.3 is 6.18 Å². The number of alkyl halides is 3. The normalized spacial score (nSPS) is 16.7. The van der Waals surface area contributed by atoms with Gasteiger partial charge in [0, 0.05) is 6.21 Å². The summed E-state index contributed by atoms with van der Waals surface area (Å²) in [6, 6.07) is 5.20. The van der Waals surface area contributed by atoms with Crippen LogP contribution >= 0.6 is 12.2 Å². The summed E-state index contributed by atoms with van der Waals surface area (Å²) in [4.78, 5) is 0. The van der Waals surface area contributed by atoms with Gasteiger partial charge in [0.1, 0.15) is 0 Å². The van der Waals surface area contributed by atoms with Crippen molar-refractivity contribution in [1.82, 2.24) is 5.43 Å². The number of para-hydroxylation sites is 1. The van der Waals surface area contributed by atoms with Crippen molar-refractivity contribution in [3.8, 4) is 0 Å². The van der Waals surface area contributed by atoms with E-state index >= 15 is 0 Å². The van der Waals surface area contributed by atoms with Crippen LogP contribution in [0.5, 0.6) is 0 Å². The van der Waals surface area contributed by atoms with Crippen molar-refractivity contribution >= 4 is 29.2 Å². The molecule has 1 aliphatic rings. The van der Waals surface area contributed by atoms with Crippen molar-refractivity contribution in [2.45, 2.75) is 38.3 Å². The molecule has 0 heterocycles. The molecule has 0 spiro atoms. The van der Waals surface area contributed by atoms with Crippen LogP contribution < -0.4 is 10.7 Å². The first-order valence-corrected chi connectivity index (χ1v) is 7.64. The number of hydrogen-bond donors (Lipinski definition) is 2. The van der Waals surface area contributed by atoms with E-state index in [1.165, 1.54) is 37.5 Å². The summed E-state index contributed by atoms with van der Waals surface area (Å²) in [5.74, 6) is 0.423. The highest BCUT2D eigenvalue weighted by Crippen LogP contribution is 2.34. The fourth-order valence-electron chi connectivity index (χ4n) is 2.47. The summed E-state index contributed by atoms with van der Waals surface area (Å²) < 4.78 is 38.6. The summed E-state index contributed by atoms with van der Waals surface area (Å²) in [5.41, 5.74) is 1.74. The van der Waals surface area contributed by atoms with Gasteiger partial charge in [-0.05, 0) is 43.1 Å². The molecule has 3 nitrogen and oxygen atoms in total. The molecule has 1 aliphatic carbocycles. The number of nitrogens with one attached hydrogen (secondary N) is 2. The second-order valence-corrected chi connectivity index (χ2v) is 5.69. The van der Waals surface area contributed by atoms with Crippen LogP contribution in [-0.2, 0) is 6.18 Å². The zero-order valence-electron chi connectivity index (χ0n) is 12.0. The lowest BCUT2D eigenvalue weighted by Crippen LogP contribution is -2.26. The van der Waals surface area contributed by atoms with Crippen molar-refractivity contribution in [2.24, 2.45) is 11.0 Å². The number of halogens is 3. The van der Waals surface area contributed by atoms with Gasteiger partial charge in [-0.25, -0.2) is 0 Å². The van der Waals surface area contributed by atoms with Gasteiger partial charge in [-0.15, -0.1) is 0 Å². The smallest absolute Gasteiger partial charge is 0.331 e. The number of thiocarbonyl (C=S) groups is 1. The average molecular weight is 329 g/mol. The molecule has 1 aromatic carbocycles. The van der Waals surface area contributed by atoms with Crippen LogP contribution in [0.3, 0.4) is 0 Å². The standard InChI is InChI=1S/C15H18F3N3S/c16-15(17,18)12-8-4-5-9-13(12)20-14(22)21-19-10-11-6-2-1-3-7-11/h4-5,8-11H,1-3,6-7H2,(H2,20,21,22)/b19-10+. The van der Waals surface area contributed by atoms with Gasteiger partial charge < -0.3 is 5.32 Å². The van der Waals surface area contributed by atoms with E-state index in [0.717, 1.165) is 18.9 Å². The van der Waals surface area contributed by atoms with E-state index in [1.807, 2.05) is 0 Å². The van der Waals surface area contributed by atoms with Gasteiger partial charge in [-0.3, -0.25) is 5.43 Å². The predicted molar refractivity (Wildman–Crippen MR) is 85.9 cm³/mol. The molecule has 1 saturated carbocycles. The number of anilines is 1. The highest BCUT2D eigenvalue weighted by atomic mass is 32.1. The number of nitrogens with zero attached hydrogens (tertiary/aromatic N) is 1. The third-order valence-corrected chi connectivity index (χ3v) is 3.78. The zero-order chi connectivity index (χ0) is 16.0. The van der Waals surface area contributed by atoms with Crippen LogP contribution in [0.2, 0.25) is 0 Å². The van der Waals surface area contributed by atoms with E-state index < -0.39 is 11.7 Å². The van der Waals surface area contributed by atoms with Gasteiger partial charge in [-0.1, -0.05) is 31.4 Å². The number of rotatable bonds is 3. The molecule has 0 saturated heterocycles. The maximum Gasteiger partial charge on any atom is 0.418 e. The fraction of sp³-hybridized carbons (Fsp3) is 0.467. The molecule has 0 bridgehead atoms. The lowest BCUT2D eigenvalue weighted by Gasteiger charge is -2.17. The summed E-state index contributed by atoms with van der Waals surface area (Å²) in [6.45, 7) is 0. The minimum atomic E-state index is -4.43. The van der Waals surface area contributed by atoms with Crippen LogP contribution in [0, 0.1) is 5.92 Å². The first kappa shape index (κ1) is 16.7. The Morgan fingerprint density at radius 1 is 1.18 bits per heavy atom. The Kier molecular flexibility index (Phi) is 5.76. The van der Waals surface area contributed by atoms with Crippen molar-refractivity contribution in [1.29, 1.82) is 0 Å². The molecule has 1 fully saturated rings. The minimum Gasteiger partial charge on any atom is -0.331 e. The average Bonchev–Trinajstić information content (AvgIpc) is 2.48. The van der Waals surface area contributed by atoms with Crippen molar-refractivity contribution in [3.05, 3.63) is 29.8 Å². The van der Waals surface area contributed by atoms with Crippen LogP contribution in [-0.4, -0.2) is 11.3 Å². The van der Waals surface area contributed by atoms with Crippen molar-refractivity contribution < 1.29 is 13.2 Å². The van der Waals surface area contributed by atoms with Crippen molar-refractivity contribution in [2.75, 3.05) is 5.32 Å². The molecule has 0 unspecified atom stereocenters. The highest BCUT2D eigenvalue weighted by molar-refractivity contribution is 7.80. The third-order valence-electron chi connectivity index (χ3n) is 3.58. The van der Waals surface area contributed by atoms with Crippen LogP contribution in [0.15, 0.2) is 29.4 Å². The van der Waals surface area contributed by atoms with E-state index in [0.29, 0.717) is 5.92 Å². The maximum absolute atomic E-state index is 12.9. The van der Waals surface area contributed by atoms with E-state index in [1.54, 1.807) is 6.21 Å². The molecule has 0 radical (unpaired) electrons. The maximum atomic E-state index is 12.9. The topological polar surface area (TPSA) is 36.4 Å². The van der Waals surface area contributed by atoms with Crippen LogP contribution in [0.1, 0.15) is 37.7 Å². The molecule has 0 aromatic heterocycles. The Morgan fingerprint density at radius 2 is 1.86 bits per heavy atom. The predicted octanol–water partition coefficient (Wildman–Crippen LogP) is 4.56. The van der Waals surface area contributed by atoms with Crippen LogP contribution in [0.25, 0.3) is 0 Å². The van der Waals surface area contributed by atoms with Gasteiger partial charge in [0.25, 0.3) is 0 Å². The van der Waals surface area contributed by atoms with Gasteiger partial charge in [0.2, 0.25) is 0 Å². The van der Waals surface area contributed by atoms with E-state index in [9.17, 15) is 13.2 Å². The second kappa shape index (κ2) is 7.58. The van der Waals surface area contributed by atoms with Crippen molar-refractivity contribution in [3.63, 3.8) is 0 Å².